The van der Waals surface area contributed by atoms with E-state index in [-0.39, 0.29) is 0 Å². The maximum Gasteiger partial charge on any atom is 0.148 e. The van der Waals surface area contributed by atoms with Gasteiger partial charge < -0.3 is 15.1 Å². The zero-order valence-corrected chi connectivity index (χ0v) is 10.9. The summed E-state index contributed by atoms with van der Waals surface area (Å²) in [6, 6.07) is 0. The van der Waals surface area contributed by atoms with Crippen molar-refractivity contribution in [2.45, 2.75) is 19.8 Å². The molecule has 0 saturated heterocycles. The molecular formula is C11H21N5O. The molecule has 0 aliphatic heterocycles. The largest absolute Gasteiger partial charge is 0.383 e. The number of hydrogen-bond donors (Lipinski definition) is 2. The quantitative estimate of drug-likeness (QED) is 0.569. The van der Waals surface area contributed by atoms with Gasteiger partial charge >= 0.3 is 0 Å². The Morgan fingerprint density at radius 3 is 2.71 bits per heavy atom. The van der Waals surface area contributed by atoms with Crippen molar-refractivity contribution in [3.63, 3.8) is 0 Å². The van der Waals surface area contributed by atoms with E-state index in [9.17, 15) is 0 Å². The molecule has 0 amide bonds. The summed E-state index contributed by atoms with van der Waals surface area (Å²) >= 11 is 0. The molecule has 0 fully saturated rings. The van der Waals surface area contributed by atoms with Crippen molar-refractivity contribution in [1.82, 2.24) is 9.97 Å². The molecule has 0 bridgehead atoms. The minimum absolute atomic E-state index is 0.294. The van der Waals surface area contributed by atoms with Gasteiger partial charge in [0.05, 0.1) is 6.61 Å². The zero-order valence-electron chi connectivity index (χ0n) is 10.9. The van der Waals surface area contributed by atoms with Crippen LogP contribution in [-0.4, -0.2) is 37.3 Å². The SMILES string of the molecule is COCCN(C)c1ncnc(NN)c1C(C)C. The number of rotatable bonds is 6. The smallest absolute Gasteiger partial charge is 0.148 e. The van der Waals surface area contributed by atoms with E-state index in [4.69, 9.17) is 10.6 Å². The molecule has 0 aliphatic carbocycles. The third kappa shape index (κ3) is 3.28. The molecule has 96 valence electrons. The predicted molar refractivity (Wildman–Crippen MR) is 69.1 cm³/mol. The summed E-state index contributed by atoms with van der Waals surface area (Å²) in [6.45, 7) is 5.61. The van der Waals surface area contributed by atoms with Gasteiger partial charge in [0.15, 0.2) is 0 Å². The second kappa shape index (κ2) is 6.36. The van der Waals surface area contributed by atoms with Crippen LogP contribution in [0.4, 0.5) is 11.6 Å². The summed E-state index contributed by atoms with van der Waals surface area (Å²) in [4.78, 5) is 10.5. The number of nitrogens with zero attached hydrogens (tertiary/aromatic N) is 3. The number of hydrazine groups is 1. The fourth-order valence-corrected chi connectivity index (χ4v) is 1.67. The first-order valence-corrected chi connectivity index (χ1v) is 5.63. The number of anilines is 2. The van der Waals surface area contributed by atoms with E-state index in [1.807, 2.05) is 11.9 Å². The van der Waals surface area contributed by atoms with Crippen LogP contribution in [0.3, 0.4) is 0 Å². The molecule has 1 aromatic rings. The highest BCUT2D eigenvalue weighted by Crippen LogP contribution is 2.29. The minimum atomic E-state index is 0.294. The Morgan fingerprint density at radius 1 is 1.47 bits per heavy atom. The number of nitrogens with one attached hydrogen (secondary N) is 1. The van der Waals surface area contributed by atoms with Crippen LogP contribution in [0.25, 0.3) is 0 Å². The molecule has 0 saturated carbocycles. The number of hydrogen-bond acceptors (Lipinski definition) is 6. The Balaban J connectivity index is 3.05. The number of nitrogen functional groups attached to an aromatic ring is 1. The van der Waals surface area contributed by atoms with Crippen molar-refractivity contribution in [2.24, 2.45) is 5.84 Å². The van der Waals surface area contributed by atoms with Gasteiger partial charge in [-0.1, -0.05) is 13.8 Å². The molecule has 0 aliphatic rings. The Bertz CT molecular complexity index is 356. The van der Waals surface area contributed by atoms with Gasteiger partial charge in [0.1, 0.15) is 18.0 Å². The lowest BCUT2D eigenvalue weighted by Crippen LogP contribution is -2.26. The highest BCUT2D eigenvalue weighted by molar-refractivity contribution is 5.59. The van der Waals surface area contributed by atoms with Crippen LogP contribution >= 0.6 is 0 Å². The Hall–Kier alpha value is -1.40. The fourth-order valence-electron chi connectivity index (χ4n) is 1.67. The van der Waals surface area contributed by atoms with Crippen molar-refractivity contribution in [1.29, 1.82) is 0 Å². The summed E-state index contributed by atoms with van der Waals surface area (Å²) in [6.07, 6.45) is 1.51. The first-order valence-electron chi connectivity index (χ1n) is 5.63. The minimum Gasteiger partial charge on any atom is -0.383 e. The van der Waals surface area contributed by atoms with E-state index < -0.39 is 0 Å². The monoisotopic (exact) mass is 239 g/mol. The normalized spacial score (nSPS) is 10.7. The van der Waals surface area contributed by atoms with E-state index in [0.717, 1.165) is 17.9 Å². The fraction of sp³-hybridized carbons (Fsp3) is 0.636. The van der Waals surface area contributed by atoms with Gasteiger partial charge in [-0.05, 0) is 5.92 Å². The van der Waals surface area contributed by atoms with Crippen LogP contribution in [0.2, 0.25) is 0 Å². The highest BCUT2D eigenvalue weighted by Gasteiger charge is 2.16. The molecule has 1 aromatic heterocycles. The summed E-state index contributed by atoms with van der Waals surface area (Å²) < 4.78 is 5.07. The first kappa shape index (κ1) is 13.7. The van der Waals surface area contributed by atoms with Crippen molar-refractivity contribution in [3.05, 3.63) is 11.9 Å². The summed E-state index contributed by atoms with van der Waals surface area (Å²) in [7, 11) is 3.66. The lowest BCUT2D eigenvalue weighted by molar-refractivity contribution is 0.206. The molecule has 3 N–H and O–H groups in total. The number of likely N-dealkylation sites (N-methyl/N-ethyl adjacent to an activating group) is 1. The van der Waals surface area contributed by atoms with Gasteiger partial charge in [0.2, 0.25) is 0 Å². The van der Waals surface area contributed by atoms with Crippen LogP contribution in [0, 0.1) is 0 Å². The lowest BCUT2D eigenvalue weighted by atomic mass is 10.0. The van der Waals surface area contributed by atoms with Gasteiger partial charge in [0.25, 0.3) is 0 Å². The van der Waals surface area contributed by atoms with Gasteiger partial charge in [-0.25, -0.2) is 15.8 Å². The molecule has 1 heterocycles. The molecule has 0 radical (unpaired) electrons. The summed E-state index contributed by atoms with van der Waals surface area (Å²) in [5.74, 6) is 7.33. The molecule has 0 spiro atoms. The standard InChI is InChI=1S/C11H21N5O/c1-8(2)9-10(15-12)13-7-14-11(9)16(3)5-6-17-4/h7-8H,5-6,12H2,1-4H3,(H,13,14,15). The highest BCUT2D eigenvalue weighted by atomic mass is 16.5. The Labute approximate surface area is 102 Å². The van der Waals surface area contributed by atoms with Crippen LogP contribution in [0.15, 0.2) is 6.33 Å². The molecule has 1 rings (SSSR count). The van der Waals surface area contributed by atoms with Crippen molar-refractivity contribution < 1.29 is 4.74 Å². The third-order valence-corrected chi connectivity index (χ3v) is 2.57. The van der Waals surface area contributed by atoms with Crippen molar-refractivity contribution in [3.8, 4) is 0 Å². The maximum atomic E-state index is 5.47. The van der Waals surface area contributed by atoms with E-state index in [0.29, 0.717) is 18.3 Å². The van der Waals surface area contributed by atoms with Gasteiger partial charge in [0, 0.05) is 26.3 Å². The summed E-state index contributed by atoms with van der Waals surface area (Å²) in [5.41, 5.74) is 3.64. The maximum absolute atomic E-state index is 5.47. The van der Waals surface area contributed by atoms with Crippen LogP contribution in [0.5, 0.6) is 0 Å². The van der Waals surface area contributed by atoms with Gasteiger partial charge in [-0.2, -0.15) is 0 Å². The van der Waals surface area contributed by atoms with Gasteiger partial charge in [-0.15, -0.1) is 0 Å². The first-order chi connectivity index (χ1) is 8.11. The van der Waals surface area contributed by atoms with E-state index >= 15 is 0 Å². The Morgan fingerprint density at radius 2 is 2.18 bits per heavy atom. The number of nitrogens with two attached hydrogens (primary N) is 1. The molecule has 6 nitrogen and oxygen atoms in total. The van der Waals surface area contributed by atoms with Gasteiger partial charge in [-0.3, -0.25) is 0 Å². The number of aromatic nitrogens is 2. The lowest BCUT2D eigenvalue weighted by Gasteiger charge is -2.23. The van der Waals surface area contributed by atoms with E-state index in [1.54, 1.807) is 7.11 Å². The molecular weight excluding hydrogens is 218 g/mol. The predicted octanol–water partition coefficient (Wildman–Crippen LogP) is 0.968. The second-order valence-electron chi connectivity index (χ2n) is 4.17. The summed E-state index contributed by atoms with van der Waals surface area (Å²) in [5, 5.41) is 0. The second-order valence-corrected chi connectivity index (χ2v) is 4.17. The van der Waals surface area contributed by atoms with Crippen LogP contribution in [0.1, 0.15) is 25.3 Å². The van der Waals surface area contributed by atoms with Crippen LogP contribution < -0.4 is 16.2 Å². The Kier molecular flexibility index (Phi) is 5.11. The third-order valence-electron chi connectivity index (χ3n) is 2.57. The van der Waals surface area contributed by atoms with Crippen molar-refractivity contribution >= 4 is 11.6 Å². The zero-order chi connectivity index (χ0) is 12.8. The topological polar surface area (TPSA) is 76.3 Å². The molecule has 0 unspecified atom stereocenters. The molecule has 6 heteroatoms. The molecule has 17 heavy (non-hydrogen) atoms. The van der Waals surface area contributed by atoms with E-state index in [2.05, 4.69) is 29.2 Å². The van der Waals surface area contributed by atoms with Crippen molar-refractivity contribution in [2.75, 3.05) is 37.6 Å². The van der Waals surface area contributed by atoms with E-state index in [1.165, 1.54) is 6.33 Å². The number of methoxy groups -OCH3 is 1. The van der Waals surface area contributed by atoms with Crippen LogP contribution in [-0.2, 0) is 4.74 Å². The molecule has 0 atom stereocenters. The number of ether oxygens (including phenoxy) is 1. The average molecular weight is 239 g/mol. The molecule has 0 aromatic carbocycles. The average Bonchev–Trinajstić information content (AvgIpc) is 2.34.